The number of unbranched alkanes of at least 4 members (excludes halogenated alkanes) is 6. The van der Waals surface area contributed by atoms with Crippen LogP contribution in [0.1, 0.15) is 70.8 Å². The van der Waals surface area contributed by atoms with Gasteiger partial charge in [0.25, 0.3) is 11.8 Å². The summed E-state index contributed by atoms with van der Waals surface area (Å²) < 4.78 is 0.573. The van der Waals surface area contributed by atoms with Crippen molar-refractivity contribution in [3.8, 4) is 0 Å². The van der Waals surface area contributed by atoms with Gasteiger partial charge in [-0.1, -0.05) is 94.6 Å². The minimum atomic E-state index is -0.107. The Morgan fingerprint density at radius 2 is 1.48 bits per heavy atom. The predicted molar refractivity (Wildman–Crippen MR) is 126 cm³/mol. The minimum absolute atomic E-state index is 0.0697. The largest absolute Gasteiger partial charge is 0.308 e. The van der Waals surface area contributed by atoms with Crippen LogP contribution < -0.4 is 4.90 Å². The zero-order valence-corrected chi connectivity index (χ0v) is 19.0. The van der Waals surface area contributed by atoms with E-state index < -0.39 is 0 Å². The van der Waals surface area contributed by atoms with Crippen molar-refractivity contribution < 1.29 is 9.59 Å². The summed E-state index contributed by atoms with van der Waals surface area (Å²) in [6, 6.07) is 7.77. The highest BCUT2D eigenvalue weighted by atomic mass is 32.2. The van der Waals surface area contributed by atoms with E-state index in [1.807, 2.05) is 29.2 Å². The Balaban J connectivity index is 1.77. The summed E-state index contributed by atoms with van der Waals surface area (Å²) >= 11 is 6.78. The van der Waals surface area contributed by atoms with Gasteiger partial charge in [-0.3, -0.25) is 14.5 Å². The van der Waals surface area contributed by atoms with Crippen molar-refractivity contribution in [2.45, 2.75) is 65.2 Å². The van der Waals surface area contributed by atoms with E-state index in [1.165, 1.54) is 37.4 Å². The van der Waals surface area contributed by atoms with Gasteiger partial charge in [-0.2, -0.15) is 0 Å². The normalized spacial score (nSPS) is 18.9. The lowest BCUT2D eigenvalue weighted by molar-refractivity contribution is -0.122. The molecule has 3 rings (SSSR count). The van der Waals surface area contributed by atoms with Crippen molar-refractivity contribution in [3.05, 3.63) is 34.7 Å². The number of nitrogens with zero attached hydrogens (tertiary/aromatic N) is 2. The predicted octanol–water partition coefficient (Wildman–Crippen LogP) is 5.77. The number of carbonyl (C=O) groups excluding carboxylic acids is 2. The van der Waals surface area contributed by atoms with Gasteiger partial charge in [-0.15, -0.1) is 0 Å². The highest BCUT2D eigenvalue weighted by Crippen LogP contribution is 2.44. The fraction of sp³-hybridized carbons (Fsp3) is 0.522. The van der Waals surface area contributed by atoms with E-state index in [1.54, 1.807) is 4.90 Å². The number of benzene rings is 1. The molecule has 0 spiro atoms. The number of rotatable bonds is 10. The van der Waals surface area contributed by atoms with Gasteiger partial charge >= 0.3 is 0 Å². The number of thiocarbonyl (C=S) groups is 1. The van der Waals surface area contributed by atoms with Crippen LogP contribution in [0.5, 0.6) is 0 Å². The van der Waals surface area contributed by atoms with E-state index in [-0.39, 0.29) is 11.8 Å². The molecule has 29 heavy (non-hydrogen) atoms. The molecule has 0 N–H and O–H groups in total. The maximum Gasteiger partial charge on any atom is 0.267 e. The van der Waals surface area contributed by atoms with Crippen molar-refractivity contribution in [2.24, 2.45) is 0 Å². The smallest absolute Gasteiger partial charge is 0.267 e. The number of carbonyl (C=O) groups is 2. The van der Waals surface area contributed by atoms with Crippen molar-refractivity contribution in [1.29, 1.82) is 0 Å². The van der Waals surface area contributed by atoms with Gasteiger partial charge < -0.3 is 4.90 Å². The molecule has 2 aliphatic rings. The molecule has 1 saturated heterocycles. The molecular formula is C23H30N2O2S2. The molecule has 0 unspecified atom stereocenters. The Morgan fingerprint density at radius 3 is 2.24 bits per heavy atom. The molecule has 1 fully saturated rings. The van der Waals surface area contributed by atoms with Crippen LogP contribution in [0.2, 0.25) is 0 Å². The Hall–Kier alpha value is -1.66. The molecule has 1 aromatic carbocycles. The number of thioether (sulfide) groups is 1. The van der Waals surface area contributed by atoms with Gasteiger partial charge in [0.15, 0.2) is 0 Å². The first-order chi connectivity index (χ1) is 14.1. The highest BCUT2D eigenvalue weighted by molar-refractivity contribution is 8.26. The van der Waals surface area contributed by atoms with Crippen LogP contribution in [0.25, 0.3) is 5.57 Å². The second kappa shape index (κ2) is 10.4. The quantitative estimate of drug-likeness (QED) is 0.269. The van der Waals surface area contributed by atoms with Gasteiger partial charge in [0, 0.05) is 18.7 Å². The molecule has 2 amide bonds. The highest BCUT2D eigenvalue weighted by Gasteiger charge is 2.41. The standard InChI is InChI=1S/C23H30N2O2S2/c1-3-5-7-8-9-12-16-25-22(27)20(29-23(25)28)19-17-13-10-11-14-18(17)24(21(19)26)15-6-4-2/h10-11,13-14H,3-9,12,15-16H2,1-2H3/b20-19+. The van der Waals surface area contributed by atoms with Crippen LogP contribution in [0, 0.1) is 0 Å². The molecule has 0 aliphatic carbocycles. The monoisotopic (exact) mass is 430 g/mol. The van der Waals surface area contributed by atoms with E-state index in [4.69, 9.17) is 12.2 Å². The summed E-state index contributed by atoms with van der Waals surface area (Å²) in [5.41, 5.74) is 2.29. The fourth-order valence-corrected chi connectivity index (χ4v) is 5.21. The van der Waals surface area contributed by atoms with E-state index in [9.17, 15) is 9.59 Å². The van der Waals surface area contributed by atoms with Crippen molar-refractivity contribution in [3.63, 3.8) is 0 Å². The van der Waals surface area contributed by atoms with Crippen LogP contribution in [0.3, 0.4) is 0 Å². The SMILES string of the molecule is CCCCCCCCN1C(=O)/C(=C2\C(=O)N(CCCC)c3ccccc32)SC1=S. The Labute approximate surface area is 183 Å². The van der Waals surface area contributed by atoms with Gasteiger partial charge in [0.05, 0.1) is 16.2 Å². The second-order valence-electron chi connectivity index (χ2n) is 7.62. The zero-order valence-electron chi connectivity index (χ0n) is 17.4. The van der Waals surface area contributed by atoms with Gasteiger partial charge in [0.1, 0.15) is 4.32 Å². The summed E-state index contributed by atoms with van der Waals surface area (Å²) in [5.74, 6) is -0.177. The van der Waals surface area contributed by atoms with E-state index in [0.717, 1.165) is 36.9 Å². The van der Waals surface area contributed by atoms with Crippen LogP contribution in [-0.2, 0) is 9.59 Å². The Bertz CT molecular complexity index is 819. The summed E-state index contributed by atoms with van der Waals surface area (Å²) in [6.07, 6.45) is 8.95. The molecule has 1 aromatic rings. The summed E-state index contributed by atoms with van der Waals surface area (Å²) in [7, 11) is 0. The second-order valence-corrected chi connectivity index (χ2v) is 9.27. The maximum absolute atomic E-state index is 13.2. The van der Waals surface area contributed by atoms with Crippen LogP contribution in [0.4, 0.5) is 5.69 Å². The average molecular weight is 431 g/mol. The number of amides is 2. The molecule has 2 aliphatic heterocycles. The number of hydrogen-bond acceptors (Lipinski definition) is 4. The van der Waals surface area contributed by atoms with Gasteiger partial charge in [-0.05, 0) is 18.9 Å². The first-order valence-electron chi connectivity index (χ1n) is 10.8. The Kier molecular flexibility index (Phi) is 7.90. The maximum atomic E-state index is 13.2. The average Bonchev–Trinajstić information content (AvgIpc) is 3.15. The number of para-hydroxylation sites is 1. The topological polar surface area (TPSA) is 40.6 Å². The minimum Gasteiger partial charge on any atom is -0.308 e. The lowest BCUT2D eigenvalue weighted by Gasteiger charge is -2.16. The third-order valence-electron chi connectivity index (χ3n) is 5.47. The van der Waals surface area contributed by atoms with Crippen LogP contribution in [-0.4, -0.2) is 34.1 Å². The Morgan fingerprint density at radius 1 is 0.828 bits per heavy atom. The number of anilines is 1. The molecule has 0 atom stereocenters. The van der Waals surface area contributed by atoms with Gasteiger partial charge in [-0.25, -0.2) is 0 Å². The lowest BCUT2D eigenvalue weighted by atomic mass is 10.1. The lowest BCUT2D eigenvalue weighted by Crippen LogP contribution is -2.30. The third-order valence-corrected chi connectivity index (χ3v) is 6.92. The molecule has 0 aromatic heterocycles. The van der Waals surface area contributed by atoms with E-state index in [2.05, 4.69) is 13.8 Å². The fourth-order valence-electron chi connectivity index (χ4n) is 3.83. The third kappa shape index (κ3) is 4.75. The van der Waals surface area contributed by atoms with Crippen molar-refractivity contribution >= 4 is 51.4 Å². The van der Waals surface area contributed by atoms with Crippen molar-refractivity contribution in [1.82, 2.24) is 4.90 Å². The van der Waals surface area contributed by atoms with Gasteiger partial charge in [0.2, 0.25) is 0 Å². The molecule has 2 heterocycles. The van der Waals surface area contributed by atoms with E-state index in [0.29, 0.717) is 27.9 Å². The molecule has 6 heteroatoms. The molecule has 0 saturated carbocycles. The zero-order chi connectivity index (χ0) is 20.8. The molecule has 0 bridgehead atoms. The van der Waals surface area contributed by atoms with Crippen LogP contribution in [0.15, 0.2) is 29.2 Å². The first-order valence-corrected chi connectivity index (χ1v) is 12.0. The molecule has 0 radical (unpaired) electrons. The molecular weight excluding hydrogens is 400 g/mol. The molecule has 4 nitrogen and oxygen atoms in total. The summed E-state index contributed by atoms with van der Waals surface area (Å²) in [4.78, 5) is 30.3. The number of fused-ring (bicyclic) bond motifs is 1. The van der Waals surface area contributed by atoms with E-state index >= 15 is 0 Å². The first kappa shape index (κ1) is 22.0. The number of hydrogen-bond donors (Lipinski definition) is 0. The molecule has 156 valence electrons. The van der Waals surface area contributed by atoms with Crippen LogP contribution >= 0.6 is 24.0 Å². The van der Waals surface area contributed by atoms with Crippen molar-refractivity contribution in [2.75, 3.05) is 18.0 Å². The summed E-state index contributed by atoms with van der Waals surface area (Å²) in [5, 5.41) is 0. The summed E-state index contributed by atoms with van der Waals surface area (Å²) in [6.45, 7) is 5.64.